The number of nitrogens with zero attached hydrogens (tertiary/aromatic N) is 1. The van der Waals surface area contributed by atoms with E-state index in [4.69, 9.17) is 4.74 Å². The Kier molecular flexibility index (Phi) is 3.69. The van der Waals surface area contributed by atoms with Gasteiger partial charge in [0.05, 0.1) is 6.61 Å². The summed E-state index contributed by atoms with van der Waals surface area (Å²) < 4.78 is 5.58. The van der Waals surface area contributed by atoms with Crippen molar-refractivity contribution in [2.24, 2.45) is 5.41 Å². The second-order valence-electron chi connectivity index (χ2n) is 8.20. The summed E-state index contributed by atoms with van der Waals surface area (Å²) >= 11 is 0. The summed E-state index contributed by atoms with van der Waals surface area (Å²) in [7, 11) is 0. The number of hydrogen-bond acceptors (Lipinski definition) is 2. The molecule has 2 heterocycles. The maximum absolute atomic E-state index is 5.58. The van der Waals surface area contributed by atoms with Crippen molar-refractivity contribution in [3.63, 3.8) is 0 Å². The first-order valence-electron chi connectivity index (χ1n) is 8.99. The zero-order valence-electron chi connectivity index (χ0n) is 15.0. The second kappa shape index (κ2) is 5.63. The molecule has 2 fully saturated rings. The molecule has 0 aromatic heterocycles. The van der Waals surface area contributed by atoms with Crippen LogP contribution in [0.3, 0.4) is 0 Å². The van der Waals surface area contributed by atoms with Crippen molar-refractivity contribution in [2.75, 3.05) is 31.2 Å². The lowest BCUT2D eigenvalue weighted by Crippen LogP contribution is -2.57. The minimum atomic E-state index is 0.0295. The normalized spacial score (nSPS) is 19.5. The van der Waals surface area contributed by atoms with E-state index in [2.05, 4.69) is 74.2 Å². The van der Waals surface area contributed by atoms with Gasteiger partial charge in [0.2, 0.25) is 0 Å². The Balaban J connectivity index is 1.50. The SMILES string of the molecule is Cc1ccc(C(C)(C)c2ccc(N3CC4(CCOC4)C3)cc2)cc1. The van der Waals surface area contributed by atoms with Gasteiger partial charge in [-0.2, -0.15) is 0 Å². The first-order chi connectivity index (χ1) is 11.5. The van der Waals surface area contributed by atoms with Crippen LogP contribution >= 0.6 is 0 Å². The molecule has 24 heavy (non-hydrogen) atoms. The van der Waals surface area contributed by atoms with Gasteiger partial charge >= 0.3 is 0 Å². The third kappa shape index (κ3) is 2.63. The molecule has 4 rings (SSSR count). The molecule has 0 saturated carbocycles. The molecule has 0 radical (unpaired) electrons. The average molecular weight is 321 g/mol. The van der Waals surface area contributed by atoms with E-state index in [0.29, 0.717) is 5.41 Å². The van der Waals surface area contributed by atoms with E-state index in [0.717, 1.165) is 26.3 Å². The minimum Gasteiger partial charge on any atom is -0.381 e. The molecule has 0 atom stereocenters. The van der Waals surface area contributed by atoms with Crippen LogP contribution in [0.1, 0.15) is 37.0 Å². The molecule has 126 valence electrons. The summed E-state index contributed by atoms with van der Waals surface area (Å²) in [5, 5.41) is 0. The third-order valence-corrected chi connectivity index (χ3v) is 5.96. The molecule has 2 aliphatic rings. The second-order valence-corrected chi connectivity index (χ2v) is 8.20. The van der Waals surface area contributed by atoms with Crippen LogP contribution in [-0.4, -0.2) is 26.3 Å². The van der Waals surface area contributed by atoms with Crippen LogP contribution in [0.15, 0.2) is 48.5 Å². The predicted molar refractivity (Wildman–Crippen MR) is 99.8 cm³/mol. The fraction of sp³-hybridized carbons (Fsp3) is 0.455. The van der Waals surface area contributed by atoms with Crippen LogP contribution in [0.4, 0.5) is 5.69 Å². The van der Waals surface area contributed by atoms with Gasteiger partial charge in [0.25, 0.3) is 0 Å². The lowest BCUT2D eigenvalue weighted by molar-refractivity contribution is 0.131. The molecule has 2 aliphatic heterocycles. The van der Waals surface area contributed by atoms with E-state index in [1.807, 2.05) is 0 Å². The Morgan fingerprint density at radius 1 is 0.917 bits per heavy atom. The van der Waals surface area contributed by atoms with E-state index in [1.165, 1.54) is 28.8 Å². The van der Waals surface area contributed by atoms with Crippen LogP contribution in [0.2, 0.25) is 0 Å². The van der Waals surface area contributed by atoms with Crippen molar-refractivity contribution < 1.29 is 4.74 Å². The first kappa shape index (κ1) is 15.7. The van der Waals surface area contributed by atoms with Gasteiger partial charge < -0.3 is 9.64 Å². The molecule has 0 bridgehead atoms. The standard InChI is InChI=1S/C22H27NO/c1-17-4-6-18(7-5-17)21(2,3)19-8-10-20(11-9-19)23-14-22(15-23)12-13-24-16-22/h4-11H,12-16H2,1-3H3. The first-order valence-corrected chi connectivity index (χ1v) is 8.99. The summed E-state index contributed by atoms with van der Waals surface area (Å²) in [6.45, 7) is 10.9. The average Bonchev–Trinajstić information content (AvgIpc) is 3.04. The number of aryl methyl sites for hydroxylation is 1. The van der Waals surface area contributed by atoms with Gasteiger partial charge in [-0.3, -0.25) is 0 Å². The number of hydrogen-bond donors (Lipinski definition) is 0. The van der Waals surface area contributed by atoms with Gasteiger partial charge in [-0.25, -0.2) is 0 Å². The summed E-state index contributed by atoms with van der Waals surface area (Å²) in [4.78, 5) is 2.48. The van der Waals surface area contributed by atoms with E-state index >= 15 is 0 Å². The molecule has 0 N–H and O–H groups in total. The summed E-state index contributed by atoms with van der Waals surface area (Å²) in [6, 6.07) is 18.1. The van der Waals surface area contributed by atoms with E-state index in [9.17, 15) is 0 Å². The van der Waals surface area contributed by atoms with Gasteiger partial charge in [-0.05, 0) is 36.6 Å². The van der Waals surface area contributed by atoms with Crippen molar-refractivity contribution in [3.05, 3.63) is 65.2 Å². The van der Waals surface area contributed by atoms with Gasteiger partial charge in [0, 0.05) is 36.2 Å². The predicted octanol–water partition coefficient (Wildman–Crippen LogP) is 4.55. The highest BCUT2D eigenvalue weighted by Crippen LogP contribution is 2.41. The maximum Gasteiger partial charge on any atom is 0.0557 e. The molecular formula is C22H27NO. The lowest BCUT2D eigenvalue weighted by atomic mass is 9.77. The van der Waals surface area contributed by atoms with Crippen molar-refractivity contribution in [2.45, 2.75) is 32.6 Å². The summed E-state index contributed by atoms with van der Waals surface area (Å²) in [5.74, 6) is 0. The fourth-order valence-corrected chi connectivity index (χ4v) is 4.07. The topological polar surface area (TPSA) is 12.5 Å². The zero-order chi connectivity index (χ0) is 16.8. The number of ether oxygens (including phenoxy) is 1. The molecule has 2 nitrogen and oxygen atoms in total. The van der Waals surface area contributed by atoms with Crippen LogP contribution in [0, 0.1) is 12.3 Å². The van der Waals surface area contributed by atoms with Gasteiger partial charge in [0.15, 0.2) is 0 Å². The number of anilines is 1. The highest BCUT2D eigenvalue weighted by Gasteiger charge is 2.45. The highest BCUT2D eigenvalue weighted by molar-refractivity contribution is 5.53. The molecule has 2 heteroatoms. The van der Waals surface area contributed by atoms with Gasteiger partial charge in [-0.15, -0.1) is 0 Å². The van der Waals surface area contributed by atoms with E-state index in [-0.39, 0.29) is 5.41 Å². The monoisotopic (exact) mass is 321 g/mol. The Morgan fingerprint density at radius 3 is 2.04 bits per heavy atom. The molecule has 0 unspecified atom stereocenters. The summed E-state index contributed by atoms with van der Waals surface area (Å²) in [5.41, 5.74) is 5.87. The smallest absolute Gasteiger partial charge is 0.0557 e. The minimum absolute atomic E-state index is 0.0295. The number of rotatable bonds is 3. The molecule has 2 aromatic rings. The van der Waals surface area contributed by atoms with Gasteiger partial charge in [0.1, 0.15) is 0 Å². The molecule has 0 amide bonds. The highest BCUT2D eigenvalue weighted by atomic mass is 16.5. The largest absolute Gasteiger partial charge is 0.381 e. The molecule has 2 saturated heterocycles. The van der Waals surface area contributed by atoms with Crippen LogP contribution in [0.5, 0.6) is 0 Å². The van der Waals surface area contributed by atoms with Crippen LogP contribution in [-0.2, 0) is 10.2 Å². The van der Waals surface area contributed by atoms with Crippen molar-refractivity contribution in [3.8, 4) is 0 Å². The molecular weight excluding hydrogens is 294 g/mol. The lowest BCUT2D eigenvalue weighted by Gasteiger charge is -2.48. The summed E-state index contributed by atoms with van der Waals surface area (Å²) in [6.07, 6.45) is 1.22. The Morgan fingerprint density at radius 2 is 1.50 bits per heavy atom. The Bertz CT molecular complexity index is 701. The van der Waals surface area contributed by atoms with Crippen molar-refractivity contribution in [1.82, 2.24) is 0 Å². The van der Waals surface area contributed by atoms with Crippen molar-refractivity contribution >= 4 is 5.69 Å². The maximum atomic E-state index is 5.58. The van der Waals surface area contributed by atoms with E-state index in [1.54, 1.807) is 0 Å². The number of benzene rings is 2. The fourth-order valence-electron chi connectivity index (χ4n) is 4.07. The van der Waals surface area contributed by atoms with Crippen LogP contribution < -0.4 is 4.90 Å². The molecule has 2 aromatic carbocycles. The Hall–Kier alpha value is -1.80. The van der Waals surface area contributed by atoms with E-state index < -0.39 is 0 Å². The van der Waals surface area contributed by atoms with Gasteiger partial charge in [-0.1, -0.05) is 55.8 Å². The molecule has 0 aliphatic carbocycles. The quantitative estimate of drug-likeness (QED) is 0.822. The third-order valence-electron chi connectivity index (χ3n) is 5.96. The Labute approximate surface area is 145 Å². The zero-order valence-corrected chi connectivity index (χ0v) is 15.0. The van der Waals surface area contributed by atoms with Crippen molar-refractivity contribution in [1.29, 1.82) is 0 Å². The molecule has 1 spiro atoms. The van der Waals surface area contributed by atoms with Crippen LogP contribution in [0.25, 0.3) is 0 Å².